The van der Waals surface area contributed by atoms with E-state index in [1.807, 2.05) is 4.90 Å². The molecule has 7 nitrogen and oxygen atoms in total. The molecule has 0 spiro atoms. The zero-order valence-electron chi connectivity index (χ0n) is 14.4. The standard InChI is InChI=1S/C17H28N2O5/c1-22-16(21)13-5-8-18(9-6-13)15(20)12-19-7-3-2-4-14(19)17-23-10-11-24-17/h13-14,17H,2-12H2,1H3. The van der Waals surface area contributed by atoms with Crippen LogP contribution in [0.3, 0.4) is 0 Å². The van der Waals surface area contributed by atoms with Crippen molar-refractivity contribution in [3.05, 3.63) is 0 Å². The summed E-state index contributed by atoms with van der Waals surface area (Å²) in [5.41, 5.74) is 0. The highest BCUT2D eigenvalue weighted by Gasteiger charge is 2.36. The molecule has 1 amide bonds. The Morgan fingerprint density at radius 1 is 1.04 bits per heavy atom. The number of esters is 1. The third-order valence-electron chi connectivity index (χ3n) is 5.35. The van der Waals surface area contributed by atoms with Gasteiger partial charge in [0.05, 0.1) is 38.8 Å². The molecule has 7 heteroatoms. The van der Waals surface area contributed by atoms with E-state index >= 15 is 0 Å². The maximum absolute atomic E-state index is 12.7. The smallest absolute Gasteiger partial charge is 0.308 e. The van der Waals surface area contributed by atoms with Gasteiger partial charge in [-0.2, -0.15) is 0 Å². The summed E-state index contributed by atoms with van der Waals surface area (Å²) in [6.45, 7) is 3.88. The van der Waals surface area contributed by atoms with Gasteiger partial charge in [-0.3, -0.25) is 14.5 Å². The number of ether oxygens (including phenoxy) is 3. The fourth-order valence-corrected chi connectivity index (χ4v) is 3.93. The van der Waals surface area contributed by atoms with Gasteiger partial charge in [-0.05, 0) is 32.2 Å². The van der Waals surface area contributed by atoms with Gasteiger partial charge >= 0.3 is 5.97 Å². The van der Waals surface area contributed by atoms with Gasteiger partial charge in [-0.1, -0.05) is 6.42 Å². The molecule has 0 radical (unpaired) electrons. The first-order valence-electron chi connectivity index (χ1n) is 9.02. The Morgan fingerprint density at radius 2 is 1.75 bits per heavy atom. The third-order valence-corrected chi connectivity index (χ3v) is 5.35. The minimum atomic E-state index is -0.192. The van der Waals surface area contributed by atoms with Crippen LogP contribution in [0, 0.1) is 5.92 Å². The number of carbonyl (C=O) groups excluding carboxylic acids is 2. The summed E-state index contributed by atoms with van der Waals surface area (Å²) >= 11 is 0. The highest BCUT2D eigenvalue weighted by Crippen LogP contribution is 2.25. The van der Waals surface area contributed by atoms with Crippen LogP contribution in [0.25, 0.3) is 0 Å². The van der Waals surface area contributed by atoms with Crippen LogP contribution in [0.4, 0.5) is 0 Å². The largest absolute Gasteiger partial charge is 0.469 e. The Bertz CT molecular complexity index is 444. The van der Waals surface area contributed by atoms with Gasteiger partial charge in [0.25, 0.3) is 0 Å². The Morgan fingerprint density at radius 3 is 2.42 bits per heavy atom. The Balaban J connectivity index is 1.51. The average molecular weight is 340 g/mol. The number of amides is 1. The van der Waals surface area contributed by atoms with Crippen molar-refractivity contribution < 1.29 is 23.8 Å². The van der Waals surface area contributed by atoms with Crippen LogP contribution < -0.4 is 0 Å². The summed E-state index contributed by atoms with van der Waals surface area (Å²) in [6.07, 6.45) is 4.47. The maximum Gasteiger partial charge on any atom is 0.308 e. The molecule has 24 heavy (non-hydrogen) atoms. The first-order chi connectivity index (χ1) is 11.7. The van der Waals surface area contributed by atoms with E-state index in [1.54, 1.807) is 0 Å². The van der Waals surface area contributed by atoms with Gasteiger partial charge in [0.2, 0.25) is 5.91 Å². The normalized spacial score (nSPS) is 27.4. The maximum atomic E-state index is 12.7. The zero-order valence-corrected chi connectivity index (χ0v) is 14.4. The van der Waals surface area contributed by atoms with Crippen molar-refractivity contribution in [2.24, 2.45) is 5.92 Å². The number of hydrogen-bond acceptors (Lipinski definition) is 6. The summed E-state index contributed by atoms with van der Waals surface area (Å²) in [7, 11) is 1.42. The molecular formula is C17H28N2O5. The molecule has 3 saturated heterocycles. The van der Waals surface area contributed by atoms with Crippen molar-refractivity contribution in [1.82, 2.24) is 9.80 Å². The molecule has 0 aromatic carbocycles. The SMILES string of the molecule is COC(=O)C1CCN(C(=O)CN2CCCCC2C2OCCO2)CC1. The number of piperidine rings is 2. The van der Waals surface area contributed by atoms with Crippen LogP contribution in [-0.2, 0) is 23.8 Å². The number of methoxy groups -OCH3 is 1. The van der Waals surface area contributed by atoms with Crippen LogP contribution in [0.1, 0.15) is 32.1 Å². The van der Waals surface area contributed by atoms with E-state index in [1.165, 1.54) is 7.11 Å². The molecule has 1 unspecified atom stereocenters. The van der Waals surface area contributed by atoms with Crippen molar-refractivity contribution in [2.75, 3.05) is 46.5 Å². The molecule has 136 valence electrons. The molecule has 0 aromatic heterocycles. The quantitative estimate of drug-likeness (QED) is 0.699. The molecular weight excluding hydrogens is 312 g/mol. The second-order valence-electron chi connectivity index (χ2n) is 6.82. The predicted molar refractivity (Wildman–Crippen MR) is 86.2 cm³/mol. The molecule has 0 aliphatic carbocycles. The lowest BCUT2D eigenvalue weighted by Crippen LogP contribution is -2.52. The number of likely N-dealkylation sites (tertiary alicyclic amines) is 2. The van der Waals surface area contributed by atoms with Crippen LogP contribution in [0.2, 0.25) is 0 Å². The molecule has 0 aromatic rings. The van der Waals surface area contributed by atoms with Crippen molar-refractivity contribution in [2.45, 2.75) is 44.4 Å². The monoisotopic (exact) mass is 340 g/mol. The lowest BCUT2D eigenvalue weighted by molar-refractivity contribution is -0.150. The van der Waals surface area contributed by atoms with E-state index in [4.69, 9.17) is 14.2 Å². The van der Waals surface area contributed by atoms with E-state index in [0.717, 1.165) is 25.8 Å². The van der Waals surface area contributed by atoms with Crippen molar-refractivity contribution in [1.29, 1.82) is 0 Å². The number of rotatable bonds is 4. The van der Waals surface area contributed by atoms with Crippen molar-refractivity contribution >= 4 is 11.9 Å². The Labute approximate surface area is 143 Å². The van der Waals surface area contributed by atoms with Gasteiger partial charge < -0.3 is 19.1 Å². The molecule has 3 fully saturated rings. The van der Waals surface area contributed by atoms with Crippen molar-refractivity contribution in [3.8, 4) is 0 Å². The Kier molecular flexibility index (Phi) is 6.08. The molecule has 3 aliphatic heterocycles. The lowest BCUT2D eigenvalue weighted by Gasteiger charge is -2.39. The minimum Gasteiger partial charge on any atom is -0.469 e. The first-order valence-corrected chi connectivity index (χ1v) is 9.02. The van der Waals surface area contributed by atoms with E-state index in [9.17, 15) is 9.59 Å². The molecule has 3 rings (SSSR count). The van der Waals surface area contributed by atoms with E-state index < -0.39 is 0 Å². The van der Waals surface area contributed by atoms with Crippen LogP contribution in [0.15, 0.2) is 0 Å². The fourth-order valence-electron chi connectivity index (χ4n) is 3.93. The van der Waals surface area contributed by atoms with Gasteiger partial charge in [-0.15, -0.1) is 0 Å². The van der Waals surface area contributed by atoms with E-state index in [-0.39, 0.29) is 30.1 Å². The molecule has 3 aliphatic rings. The highest BCUT2D eigenvalue weighted by molar-refractivity contribution is 5.79. The predicted octanol–water partition coefficient (Wildman–Crippen LogP) is 0.625. The average Bonchev–Trinajstić information content (AvgIpc) is 3.16. The molecule has 1 atom stereocenters. The van der Waals surface area contributed by atoms with Gasteiger partial charge in [0.1, 0.15) is 0 Å². The highest BCUT2D eigenvalue weighted by atomic mass is 16.7. The fraction of sp³-hybridized carbons (Fsp3) is 0.882. The second-order valence-corrected chi connectivity index (χ2v) is 6.82. The second kappa shape index (κ2) is 8.27. The first kappa shape index (κ1) is 17.6. The topological polar surface area (TPSA) is 68.3 Å². The molecule has 0 bridgehead atoms. The number of carbonyl (C=O) groups is 2. The third kappa shape index (κ3) is 4.07. The van der Waals surface area contributed by atoms with Crippen molar-refractivity contribution in [3.63, 3.8) is 0 Å². The molecule has 3 heterocycles. The van der Waals surface area contributed by atoms with Gasteiger partial charge in [0.15, 0.2) is 6.29 Å². The van der Waals surface area contributed by atoms with Gasteiger partial charge in [0, 0.05) is 13.1 Å². The summed E-state index contributed by atoms with van der Waals surface area (Å²) in [5.74, 6) is -0.0842. The molecule has 0 saturated carbocycles. The van der Waals surface area contributed by atoms with Crippen LogP contribution >= 0.6 is 0 Å². The summed E-state index contributed by atoms with van der Waals surface area (Å²) < 4.78 is 16.1. The number of hydrogen-bond donors (Lipinski definition) is 0. The zero-order chi connectivity index (χ0) is 16.9. The van der Waals surface area contributed by atoms with Crippen LogP contribution in [-0.4, -0.2) is 80.5 Å². The summed E-state index contributed by atoms with van der Waals surface area (Å²) in [4.78, 5) is 28.3. The molecule has 0 N–H and O–H groups in total. The number of nitrogens with zero attached hydrogens (tertiary/aromatic N) is 2. The van der Waals surface area contributed by atoms with E-state index in [0.29, 0.717) is 45.7 Å². The summed E-state index contributed by atoms with van der Waals surface area (Å²) in [6, 6.07) is 0.179. The van der Waals surface area contributed by atoms with E-state index in [2.05, 4.69) is 4.90 Å². The summed E-state index contributed by atoms with van der Waals surface area (Å²) in [5, 5.41) is 0. The van der Waals surface area contributed by atoms with Crippen LogP contribution in [0.5, 0.6) is 0 Å². The lowest BCUT2D eigenvalue weighted by atomic mass is 9.97. The Hall–Kier alpha value is -1.18. The minimum absolute atomic E-state index is 0.0675. The van der Waals surface area contributed by atoms with Gasteiger partial charge in [-0.25, -0.2) is 0 Å².